The van der Waals surface area contributed by atoms with E-state index in [0.717, 1.165) is 23.7 Å². The molecule has 0 saturated carbocycles. The van der Waals surface area contributed by atoms with Crippen molar-refractivity contribution in [3.05, 3.63) is 10.8 Å². The van der Waals surface area contributed by atoms with Crippen molar-refractivity contribution in [1.82, 2.24) is 9.36 Å². The molecule has 0 aliphatic carbocycles. The summed E-state index contributed by atoms with van der Waals surface area (Å²) in [4.78, 5) is 4.21. The fourth-order valence-electron chi connectivity index (χ4n) is 0.655. The second kappa shape index (κ2) is 2.92. The topological polar surface area (TPSA) is 25.8 Å². The van der Waals surface area contributed by atoms with Gasteiger partial charge in [0.2, 0.25) is 0 Å². The normalized spacial score (nSPS) is 10.0. The van der Waals surface area contributed by atoms with E-state index in [1.54, 1.807) is 0 Å². The Balaban J connectivity index is 2.61. The third-order valence-electron chi connectivity index (χ3n) is 1.03. The molecule has 9 heavy (non-hydrogen) atoms. The van der Waals surface area contributed by atoms with Gasteiger partial charge < -0.3 is 0 Å². The van der Waals surface area contributed by atoms with Gasteiger partial charge in [0.15, 0.2) is 0 Å². The first-order valence-corrected chi connectivity index (χ1v) is 3.89. The van der Waals surface area contributed by atoms with Gasteiger partial charge in [-0.25, -0.2) is 4.98 Å². The molecule has 50 valence electrons. The van der Waals surface area contributed by atoms with E-state index in [2.05, 4.69) is 16.3 Å². The third-order valence-corrected chi connectivity index (χ3v) is 1.90. The number of rotatable bonds is 2. The molecule has 0 saturated heterocycles. The lowest BCUT2D eigenvalue weighted by Crippen LogP contribution is -1.79. The van der Waals surface area contributed by atoms with Gasteiger partial charge in [-0.1, -0.05) is 6.92 Å². The van der Waals surface area contributed by atoms with E-state index in [-0.39, 0.29) is 0 Å². The predicted octanol–water partition coefficient (Wildman–Crippen LogP) is 1.80. The summed E-state index contributed by atoms with van der Waals surface area (Å²) in [6.07, 6.45) is 2.24. The summed E-state index contributed by atoms with van der Waals surface area (Å²) in [5.74, 6) is 0.906. The van der Waals surface area contributed by atoms with E-state index in [1.165, 1.54) is 11.5 Å². The van der Waals surface area contributed by atoms with Crippen LogP contribution in [0.4, 0.5) is 0 Å². The second-order valence-electron chi connectivity index (χ2n) is 1.99. The number of hydrogen-bond acceptors (Lipinski definition) is 3. The number of hydrogen-bond donors (Lipinski definition) is 0. The molecule has 0 spiro atoms. The Kier molecular flexibility index (Phi) is 2.16. The van der Waals surface area contributed by atoms with Crippen molar-refractivity contribution in [2.24, 2.45) is 0 Å². The predicted molar refractivity (Wildman–Crippen MR) is 38.6 cm³/mol. The Hall–Kier alpha value is -0.440. The van der Waals surface area contributed by atoms with Crippen molar-refractivity contribution in [3.8, 4) is 0 Å². The minimum atomic E-state index is 0.906. The van der Waals surface area contributed by atoms with Crippen LogP contribution in [0.1, 0.15) is 24.2 Å². The number of nitrogens with zero attached hydrogens (tertiary/aromatic N) is 2. The average molecular weight is 142 g/mol. The van der Waals surface area contributed by atoms with E-state index in [9.17, 15) is 0 Å². The fourth-order valence-corrected chi connectivity index (χ4v) is 1.40. The minimum absolute atomic E-state index is 0.906. The van der Waals surface area contributed by atoms with Crippen LogP contribution in [0.15, 0.2) is 0 Å². The van der Waals surface area contributed by atoms with Gasteiger partial charge in [0, 0.05) is 6.42 Å². The monoisotopic (exact) mass is 142 g/mol. The highest BCUT2D eigenvalue weighted by atomic mass is 32.1. The van der Waals surface area contributed by atoms with Crippen LogP contribution < -0.4 is 0 Å². The van der Waals surface area contributed by atoms with Crippen molar-refractivity contribution in [3.63, 3.8) is 0 Å². The molecule has 0 aliphatic rings. The van der Waals surface area contributed by atoms with Crippen molar-refractivity contribution in [2.45, 2.75) is 26.7 Å². The summed E-state index contributed by atoms with van der Waals surface area (Å²) in [7, 11) is 0. The lowest BCUT2D eigenvalue weighted by molar-refractivity contribution is 0.901. The number of aryl methyl sites for hydroxylation is 2. The van der Waals surface area contributed by atoms with Gasteiger partial charge in [-0.3, -0.25) is 0 Å². The lowest BCUT2D eigenvalue weighted by Gasteiger charge is -1.83. The molecule has 0 radical (unpaired) electrons. The largest absolute Gasteiger partial charge is 0.225 e. The van der Waals surface area contributed by atoms with Crippen LogP contribution in [0.3, 0.4) is 0 Å². The Morgan fingerprint density at radius 1 is 1.56 bits per heavy atom. The summed E-state index contributed by atoms with van der Waals surface area (Å²) >= 11 is 1.51. The fraction of sp³-hybridized carbons (Fsp3) is 0.667. The average Bonchev–Trinajstić information content (AvgIpc) is 2.17. The van der Waals surface area contributed by atoms with Crippen LogP contribution in [0.5, 0.6) is 0 Å². The zero-order valence-corrected chi connectivity index (χ0v) is 6.53. The van der Waals surface area contributed by atoms with E-state index >= 15 is 0 Å². The summed E-state index contributed by atoms with van der Waals surface area (Å²) in [5, 5.41) is 1.16. The first-order chi connectivity index (χ1) is 4.33. The Morgan fingerprint density at radius 2 is 2.33 bits per heavy atom. The summed E-state index contributed by atoms with van der Waals surface area (Å²) in [5.41, 5.74) is 0. The van der Waals surface area contributed by atoms with E-state index in [1.807, 2.05) is 6.92 Å². The highest BCUT2D eigenvalue weighted by Gasteiger charge is 1.95. The maximum absolute atomic E-state index is 4.21. The van der Waals surface area contributed by atoms with E-state index in [0.29, 0.717) is 0 Å². The highest BCUT2D eigenvalue weighted by Crippen LogP contribution is 2.05. The standard InChI is InChI=1S/C6H10N2S/c1-3-4-6-7-5(2)8-9-6/h3-4H2,1-2H3. The van der Waals surface area contributed by atoms with Crippen molar-refractivity contribution >= 4 is 11.5 Å². The molecule has 0 atom stereocenters. The minimum Gasteiger partial charge on any atom is -0.225 e. The van der Waals surface area contributed by atoms with Crippen LogP contribution in [0, 0.1) is 6.92 Å². The zero-order chi connectivity index (χ0) is 6.69. The molecule has 0 fully saturated rings. The molecule has 3 heteroatoms. The molecule has 2 nitrogen and oxygen atoms in total. The Labute approximate surface area is 59.1 Å². The second-order valence-corrected chi connectivity index (χ2v) is 2.82. The SMILES string of the molecule is CCCc1nc(C)ns1. The van der Waals surface area contributed by atoms with E-state index in [4.69, 9.17) is 0 Å². The van der Waals surface area contributed by atoms with Gasteiger partial charge in [-0.15, -0.1) is 0 Å². The Morgan fingerprint density at radius 3 is 2.78 bits per heavy atom. The van der Waals surface area contributed by atoms with Crippen LogP contribution in [-0.4, -0.2) is 9.36 Å². The molecular weight excluding hydrogens is 132 g/mol. The first-order valence-electron chi connectivity index (χ1n) is 3.12. The molecule has 0 aliphatic heterocycles. The van der Waals surface area contributed by atoms with Gasteiger partial charge in [0.1, 0.15) is 10.8 Å². The molecule has 1 aromatic heterocycles. The Bertz CT molecular complexity index is 183. The van der Waals surface area contributed by atoms with E-state index < -0.39 is 0 Å². The molecule has 1 rings (SSSR count). The number of aromatic nitrogens is 2. The van der Waals surface area contributed by atoms with Gasteiger partial charge >= 0.3 is 0 Å². The van der Waals surface area contributed by atoms with Gasteiger partial charge in [-0.2, -0.15) is 4.37 Å². The van der Waals surface area contributed by atoms with Crippen molar-refractivity contribution < 1.29 is 0 Å². The maximum atomic E-state index is 4.21. The highest BCUT2D eigenvalue weighted by molar-refractivity contribution is 7.05. The molecule has 1 aromatic rings. The lowest BCUT2D eigenvalue weighted by atomic mass is 10.4. The van der Waals surface area contributed by atoms with Crippen LogP contribution in [0.2, 0.25) is 0 Å². The summed E-state index contributed by atoms with van der Waals surface area (Å²) in [6, 6.07) is 0. The first kappa shape index (κ1) is 6.68. The molecule has 0 bridgehead atoms. The molecule has 1 heterocycles. The van der Waals surface area contributed by atoms with Gasteiger partial charge in [0.25, 0.3) is 0 Å². The molecule has 0 amide bonds. The van der Waals surface area contributed by atoms with Gasteiger partial charge in [-0.05, 0) is 24.9 Å². The smallest absolute Gasteiger partial charge is 0.139 e. The summed E-state index contributed by atoms with van der Waals surface area (Å²) in [6.45, 7) is 4.08. The zero-order valence-electron chi connectivity index (χ0n) is 5.72. The molecule has 0 aromatic carbocycles. The maximum Gasteiger partial charge on any atom is 0.139 e. The molecular formula is C6H10N2S. The van der Waals surface area contributed by atoms with Crippen molar-refractivity contribution in [2.75, 3.05) is 0 Å². The van der Waals surface area contributed by atoms with Crippen LogP contribution in [0.25, 0.3) is 0 Å². The van der Waals surface area contributed by atoms with Crippen LogP contribution in [-0.2, 0) is 6.42 Å². The van der Waals surface area contributed by atoms with Crippen LogP contribution >= 0.6 is 11.5 Å². The third kappa shape index (κ3) is 1.75. The van der Waals surface area contributed by atoms with Gasteiger partial charge in [0.05, 0.1) is 0 Å². The molecule has 0 unspecified atom stereocenters. The molecule has 0 N–H and O–H groups in total. The quantitative estimate of drug-likeness (QED) is 0.629. The van der Waals surface area contributed by atoms with Crippen molar-refractivity contribution in [1.29, 1.82) is 0 Å². The summed E-state index contributed by atoms with van der Waals surface area (Å²) < 4.78 is 4.07.